The topological polar surface area (TPSA) is 57.3 Å². The molecule has 0 radical (unpaired) electrons. The van der Waals surface area contributed by atoms with Crippen LogP contribution in [0.25, 0.3) is 0 Å². The number of ether oxygens (including phenoxy) is 2. The van der Waals surface area contributed by atoms with Crippen LogP contribution >= 0.6 is 0 Å². The van der Waals surface area contributed by atoms with Gasteiger partial charge in [0.1, 0.15) is 5.82 Å². The van der Waals surface area contributed by atoms with Crippen LogP contribution in [-0.2, 0) is 0 Å². The second kappa shape index (κ2) is 9.66. The van der Waals surface area contributed by atoms with Crippen LogP contribution in [0.3, 0.4) is 0 Å². The first-order valence-electron chi connectivity index (χ1n) is 12.8. The Morgan fingerprint density at radius 1 is 1.00 bits per heavy atom. The number of benzene rings is 2. The van der Waals surface area contributed by atoms with Crippen molar-refractivity contribution in [1.29, 1.82) is 0 Å². The number of nitrogens with one attached hydrogen (secondary N) is 1. The summed E-state index contributed by atoms with van der Waals surface area (Å²) in [6.45, 7) is 8.37. The maximum Gasteiger partial charge on any atom is 0.251 e. The van der Waals surface area contributed by atoms with Crippen LogP contribution in [0.2, 0.25) is 0 Å². The van der Waals surface area contributed by atoms with Gasteiger partial charge in [-0.1, -0.05) is 0 Å². The van der Waals surface area contributed by atoms with Crippen LogP contribution in [0.4, 0.5) is 10.1 Å². The minimum atomic E-state index is -0.180. The van der Waals surface area contributed by atoms with Crippen LogP contribution in [0.5, 0.6) is 11.5 Å². The van der Waals surface area contributed by atoms with Gasteiger partial charge in [0.25, 0.3) is 5.91 Å². The Labute approximate surface area is 205 Å². The minimum Gasteiger partial charge on any atom is -0.454 e. The SMILES string of the molecule is O=C(NC[C@H]1C[C@@H]2CCN1C[C@H]2CN1CCN(c2ccc(F)cc2)CC1)c1ccc2c(c1)OCO2. The monoisotopic (exact) mass is 480 g/mol. The number of piperazine rings is 1. The summed E-state index contributed by atoms with van der Waals surface area (Å²) in [5.74, 6) is 2.52. The molecule has 2 aromatic rings. The molecule has 8 heteroatoms. The van der Waals surface area contributed by atoms with Gasteiger partial charge < -0.3 is 19.7 Å². The first-order valence-corrected chi connectivity index (χ1v) is 12.8. The van der Waals surface area contributed by atoms with E-state index in [1.807, 2.05) is 12.1 Å². The van der Waals surface area contributed by atoms with Gasteiger partial charge in [-0.25, -0.2) is 4.39 Å². The summed E-state index contributed by atoms with van der Waals surface area (Å²) in [5, 5.41) is 3.15. The fourth-order valence-electron chi connectivity index (χ4n) is 6.19. The Kier molecular flexibility index (Phi) is 6.24. The maximum absolute atomic E-state index is 13.2. The number of piperidine rings is 3. The van der Waals surface area contributed by atoms with Crippen molar-refractivity contribution in [2.45, 2.75) is 18.9 Å². The molecule has 2 bridgehead atoms. The van der Waals surface area contributed by atoms with E-state index in [1.54, 1.807) is 30.3 Å². The molecular weight excluding hydrogens is 447 g/mol. The molecule has 7 rings (SSSR count). The Morgan fingerprint density at radius 2 is 1.80 bits per heavy atom. The minimum absolute atomic E-state index is 0.0541. The lowest BCUT2D eigenvalue weighted by Gasteiger charge is -2.51. The molecule has 7 nitrogen and oxygen atoms in total. The third kappa shape index (κ3) is 4.82. The highest BCUT2D eigenvalue weighted by molar-refractivity contribution is 5.94. The van der Waals surface area contributed by atoms with Gasteiger partial charge in [0.15, 0.2) is 11.5 Å². The summed E-state index contributed by atoms with van der Waals surface area (Å²) in [7, 11) is 0. The molecule has 4 saturated heterocycles. The number of nitrogens with zero attached hydrogens (tertiary/aromatic N) is 3. The standard InChI is InChI=1S/C27H33FN4O3/c28-22-2-4-23(5-3-22)31-11-9-30(10-12-31)16-21-17-32-8-7-19(21)13-24(32)15-29-27(33)20-1-6-25-26(14-20)35-18-34-25/h1-6,14,19,21,24H,7-13,15-18H2,(H,29,33)/t19-,21+,24+/m0/s1. The van der Waals surface area contributed by atoms with Crippen molar-refractivity contribution in [3.63, 3.8) is 0 Å². The molecule has 35 heavy (non-hydrogen) atoms. The van der Waals surface area contributed by atoms with E-state index in [0.29, 0.717) is 35.6 Å². The molecular formula is C27H33FN4O3. The maximum atomic E-state index is 13.2. The summed E-state index contributed by atoms with van der Waals surface area (Å²) in [6.07, 6.45) is 2.41. The summed E-state index contributed by atoms with van der Waals surface area (Å²) >= 11 is 0. The van der Waals surface area contributed by atoms with Crippen LogP contribution < -0.4 is 19.7 Å². The van der Waals surface area contributed by atoms with Crippen molar-refractivity contribution in [2.75, 3.05) is 64.1 Å². The lowest BCUT2D eigenvalue weighted by atomic mass is 9.75. The van der Waals surface area contributed by atoms with E-state index < -0.39 is 0 Å². The van der Waals surface area contributed by atoms with Gasteiger partial charge in [0, 0.05) is 63.1 Å². The number of anilines is 1. The van der Waals surface area contributed by atoms with Crippen molar-refractivity contribution in [2.24, 2.45) is 11.8 Å². The molecule has 0 aromatic heterocycles. The number of halogens is 1. The highest BCUT2D eigenvalue weighted by Gasteiger charge is 2.40. The van der Waals surface area contributed by atoms with Crippen molar-refractivity contribution in [3.05, 3.63) is 53.8 Å². The second-order valence-electron chi connectivity index (χ2n) is 10.2. The Bertz CT molecular complexity index is 1060. The van der Waals surface area contributed by atoms with Gasteiger partial charge in [-0.2, -0.15) is 0 Å². The number of fused-ring (bicyclic) bond motifs is 4. The molecule has 0 aliphatic carbocycles. The lowest BCUT2D eigenvalue weighted by molar-refractivity contribution is -0.0120. The molecule has 5 aliphatic rings. The Morgan fingerprint density at radius 3 is 2.57 bits per heavy atom. The van der Waals surface area contributed by atoms with Crippen LogP contribution in [0, 0.1) is 17.7 Å². The second-order valence-corrected chi connectivity index (χ2v) is 10.2. The molecule has 4 atom stereocenters. The highest BCUT2D eigenvalue weighted by Crippen LogP contribution is 2.37. The van der Waals surface area contributed by atoms with Crippen LogP contribution in [0.15, 0.2) is 42.5 Å². The van der Waals surface area contributed by atoms with E-state index in [4.69, 9.17) is 9.47 Å². The predicted molar refractivity (Wildman–Crippen MR) is 132 cm³/mol. The quantitative estimate of drug-likeness (QED) is 0.686. The lowest BCUT2D eigenvalue weighted by Crippen LogP contribution is -2.59. The molecule has 186 valence electrons. The van der Waals surface area contributed by atoms with Crippen molar-refractivity contribution >= 4 is 11.6 Å². The summed E-state index contributed by atoms with van der Waals surface area (Å²) < 4.78 is 24.0. The molecule has 1 amide bonds. The van der Waals surface area contributed by atoms with Gasteiger partial charge >= 0.3 is 0 Å². The Hall–Kier alpha value is -2.84. The van der Waals surface area contributed by atoms with E-state index >= 15 is 0 Å². The van der Waals surface area contributed by atoms with Gasteiger partial charge in [0.2, 0.25) is 6.79 Å². The van der Waals surface area contributed by atoms with Gasteiger partial charge in [-0.3, -0.25) is 14.6 Å². The van der Waals surface area contributed by atoms with E-state index in [-0.39, 0.29) is 18.5 Å². The molecule has 4 fully saturated rings. The fourth-order valence-corrected chi connectivity index (χ4v) is 6.19. The average Bonchev–Trinajstić information content (AvgIpc) is 3.37. The third-order valence-electron chi connectivity index (χ3n) is 8.20. The molecule has 1 N–H and O–H groups in total. The van der Waals surface area contributed by atoms with Crippen molar-refractivity contribution < 1.29 is 18.7 Å². The van der Waals surface area contributed by atoms with Crippen molar-refractivity contribution in [1.82, 2.24) is 15.1 Å². The first kappa shape index (κ1) is 22.6. The van der Waals surface area contributed by atoms with Crippen LogP contribution in [0.1, 0.15) is 23.2 Å². The summed E-state index contributed by atoms with van der Waals surface area (Å²) in [5.41, 5.74) is 1.72. The molecule has 0 spiro atoms. The number of carbonyl (C=O) groups is 1. The number of rotatable bonds is 6. The first-order chi connectivity index (χ1) is 17.1. The zero-order valence-electron chi connectivity index (χ0n) is 20.0. The third-order valence-corrected chi connectivity index (χ3v) is 8.20. The number of amides is 1. The number of carbonyl (C=O) groups excluding carboxylic acids is 1. The van der Waals surface area contributed by atoms with Gasteiger partial charge in [-0.05, 0) is 73.7 Å². The predicted octanol–water partition coefficient (Wildman–Crippen LogP) is 2.82. The molecule has 0 saturated carbocycles. The molecule has 5 aliphatic heterocycles. The van der Waals surface area contributed by atoms with E-state index in [2.05, 4.69) is 20.0 Å². The Balaban J connectivity index is 0.974. The van der Waals surface area contributed by atoms with Gasteiger partial charge in [-0.15, -0.1) is 0 Å². The smallest absolute Gasteiger partial charge is 0.251 e. The van der Waals surface area contributed by atoms with Crippen LogP contribution in [-0.4, -0.2) is 80.9 Å². The largest absolute Gasteiger partial charge is 0.454 e. The zero-order chi connectivity index (χ0) is 23.8. The molecule has 5 heterocycles. The van der Waals surface area contributed by atoms with Gasteiger partial charge in [0.05, 0.1) is 0 Å². The van der Waals surface area contributed by atoms with E-state index in [9.17, 15) is 9.18 Å². The zero-order valence-corrected chi connectivity index (χ0v) is 20.0. The van der Waals surface area contributed by atoms with Crippen molar-refractivity contribution in [3.8, 4) is 11.5 Å². The highest BCUT2D eigenvalue weighted by atomic mass is 19.1. The number of hydrogen-bond donors (Lipinski definition) is 1. The number of hydrogen-bond acceptors (Lipinski definition) is 6. The normalized spacial score (nSPS) is 27.7. The molecule has 2 aromatic carbocycles. The fraction of sp³-hybridized carbons (Fsp3) is 0.519. The summed E-state index contributed by atoms with van der Waals surface area (Å²) in [6, 6.07) is 12.6. The summed E-state index contributed by atoms with van der Waals surface area (Å²) in [4.78, 5) is 20.2. The average molecular weight is 481 g/mol. The van der Waals surface area contributed by atoms with E-state index in [0.717, 1.165) is 63.8 Å². The molecule has 1 unspecified atom stereocenters. The van der Waals surface area contributed by atoms with E-state index in [1.165, 1.54) is 6.42 Å².